The summed E-state index contributed by atoms with van der Waals surface area (Å²) in [6.07, 6.45) is 5.29. The number of unbranched alkanes of at least 4 members (excludes halogenated alkanes) is 24. The molecule has 3 aliphatic rings. The Morgan fingerprint density at radius 2 is 1.14 bits per heavy atom. The van der Waals surface area contributed by atoms with Gasteiger partial charge in [-0.05, 0) is 32.1 Å². The number of nitrogens with one attached hydrogen (secondary N) is 2. The van der Waals surface area contributed by atoms with Gasteiger partial charge in [0.15, 0.2) is 12.6 Å². The normalized spacial score (nSPS) is 29.8. The average Bonchev–Trinajstić information content (AvgIpc) is 1.30. The van der Waals surface area contributed by atoms with Crippen LogP contribution in [-0.2, 0) is 42.8 Å². The molecule has 24 nitrogen and oxygen atoms in total. The van der Waals surface area contributed by atoms with Gasteiger partial charge in [-0.1, -0.05) is 193 Å². The van der Waals surface area contributed by atoms with Gasteiger partial charge in [0, 0.05) is 6.42 Å². The molecule has 86 heavy (non-hydrogen) atoms. The van der Waals surface area contributed by atoms with Crippen LogP contribution >= 0.6 is 0 Å². The molecule has 3 heterocycles. The Balaban J connectivity index is 1.62. The maximum atomic E-state index is 13.5. The van der Waals surface area contributed by atoms with Gasteiger partial charge in [-0.15, -0.1) is 0 Å². The molecule has 0 bridgehead atoms. The summed E-state index contributed by atoms with van der Waals surface area (Å²) in [6, 6.07) is -2.99. The molecule has 15 N–H and O–H groups in total. The van der Waals surface area contributed by atoms with Gasteiger partial charge in [0.1, 0.15) is 73.8 Å². The number of ether oxygens (including phenoxy) is 6. The minimum absolute atomic E-state index is 0.170. The van der Waals surface area contributed by atoms with Gasteiger partial charge in [0.25, 0.3) is 5.79 Å². The van der Waals surface area contributed by atoms with E-state index in [2.05, 4.69) is 31.4 Å². The van der Waals surface area contributed by atoms with Crippen molar-refractivity contribution in [3.63, 3.8) is 0 Å². The predicted molar refractivity (Wildman–Crippen MR) is 317 cm³/mol. The first-order valence-electron chi connectivity index (χ1n) is 32.5. The Labute approximate surface area is 510 Å². The van der Waals surface area contributed by atoms with Crippen LogP contribution in [0.25, 0.3) is 0 Å². The minimum atomic E-state index is -2.96. The van der Waals surface area contributed by atoms with E-state index in [1.165, 1.54) is 122 Å². The second kappa shape index (κ2) is 43.2. The number of carbonyl (C=O) groups is 3. The lowest BCUT2D eigenvalue weighted by Crippen LogP contribution is -2.69. The van der Waals surface area contributed by atoms with Gasteiger partial charge >= 0.3 is 5.97 Å². The van der Waals surface area contributed by atoms with Crippen molar-refractivity contribution in [2.24, 2.45) is 5.92 Å². The molecule has 24 heteroatoms. The van der Waals surface area contributed by atoms with Crippen LogP contribution in [0.1, 0.15) is 214 Å². The molecule has 504 valence electrons. The van der Waals surface area contributed by atoms with Crippen LogP contribution < -0.4 is 10.6 Å². The van der Waals surface area contributed by atoms with Crippen molar-refractivity contribution in [2.75, 3.05) is 26.4 Å². The number of hydrogen-bond donors (Lipinski definition) is 15. The van der Waals surface area contributed by atoms with Crippen LogP contribution in [-0.4, -0.2) is 227 Å². The summed E-state index contributed by atoms with van der Waals surface area (Å²) in [5.41, 5.74) is 0. The summed E-state index contributed by atoms with van der Waals surface area (Å²) in [5.74, 6) is -6.03. The highest BCUT2D eigenvalue weighted by molar-refractivity contribution is 5.81. The molecule has 3 aliphatic heterocycles. The van der Waals surface area contributed by atoms with Gasteiger partial charge in [-0.3, -0.25) is 9.59 Å². The molecule has 0 aromatic carbocycles. The second-order valence-electron chi connectivity index (χ2n) is 24.7. The Morgan fingerprint density at radius 1 is 0.640 bits per heavy atom. The molecule has 0 aliphatic carbocycles. The number of aliphatic carboxylic acids is 1. The summed E-state index contributed by atoms with van der Waals surface area (Å²) in [6.45, 7) is 4.47. The summed E-state index contributed by atoms with van der Waals surface area (Å²) in [5, 5.41) is 144. The molecule has 0 aromatic heterocycles. The average molecular weight is 1240 g/mol. The van der Waals surface area contributed by atoms with Gasteiger partial charge in [-0.2, -0.15) is 0 Å². The van der Waals surface area contributed by atoms with E-state index in [-0.39, 0.29) is 6.42 Å². The standard InChI is InChI=1S/C62H114N2O22/c1-5-6-7-8-9-10-11-12-13-14-15-16-17-18-21-25-28-31-34-44(67)58(78)63-42(43(66)33-30-27-24-22-19-20-23-26-29-32-40(2)3)37-81-60-56(77)54(75)52(73)47(85-60)38-83-62(61(79)80)35-45(68)49(57(86-62)51(72)46(69)36-65)64-48(70)39-82-59-55(76)53(74)50(71)41(4)84-59/h30,33,40-47,49-57,59-60,65-69,71-77H,5-29,31-32,34-39H2,1-4H3,(H,63,78)(H,64,70)(H,79,80)/b33-30+/t41-,42-,43+,44+,45-,46+,47+,49+,50+,51+,52+,53+,54-,55-,56+,57+,59+,60+,62+/m0/s1. The van der Waals surface area contributed by atoms with Crippen LogP contribution in [0.5, 0.6) is 0 Å². The quantitative estimate of drug-likeness (QED) is 0.0307. The summed E-state index contributed by atoms with van der Waals surface area (Å²) < 4.78 is 33.7. The zero-order chi connectivity index (χ0) is 63.6. The van der Waals surface area contributed by atoms with Crippen molar-refractivity contribution in [1.29, 1.82) is 0 Å². The van der Waals surface area contributed by atoms with E-state index in [0.29, 0.717) is 18.8 Å². The topological polar surface area (TPSA) is 394 Å². The van der Waals surface area contributed by atoms with Crippen LogP contribution in [0.2, 0.25) is 0 Å². The lowest BCUT2D eigenvalue weighted by atomic mass is 9.88. The van der Waals surface area contributed by atoms with Crippen molar-refractivity contribution < 1.29 is 109 Å². The molecule has 0 unspecified atom stereocenters. The minimum Gasteiger partial charge on any atom is -0.477 e. The third-order valence-electron chi connectivity index (χ3n) is 16.8. The summed E-state index contributed by atoms with van der Waals surface area (Å²) in [7, 11) is 0. The maximum absolute atomic E-state index is 13.5. The fourth-order valence-electron chi connectivity index (χ4n) is 11.1. The Kier molecular flexibility index (Phi) is 39.1. The molecule has 3 rings (SSSR count). The second-order valence-corrected chi connectivity index (χ2v) is 24.7. The van der Waals surface area contributed by atoms with Crippen molar-refractivity contribution in [1.82, 2.24) is 10.6 Å². The number of carboxylic acids is 1. The third kappa shape index (κ3) is 27.9. The number of aliphatic hydroxyl groups is 12. The van der Waals surface area contributed by atoms with E-state index in [0.717, 1.165) is 51.4 Å². The van der Waals surface area contributed by atoms with Crippen LogP contribution in [0.4, 0.5) is 0 Å². The summed E-state index contributed by atoms with van der Waals surface area (Å²) >= 11 is 0. The van der Waals surface area contributed by atoms with Crippen LogP contribution in [0.15, 0.2) is 12.2 Å². The molecule has 0 spiro atoms. The van der Waals surface area contributed by atoms with Gasteiger partial charge in [0.2, 0.25) is 11.8 Å². The fraction of sp³-hybridized carbons (Fsp3) is 0.919. The number of rotatable bonds is 47. The SMILES string of the molecule is CCCCCCCCCCCCCCCCCCCC[C@@H](O)C(=O)N[C@@H](CO[C@@H]1O[C@H](CO[C@]2(C(=O)O)C[C@H](O)[C@@H](NC(=O)CO[C@@H]3O[C@@H](C)[C@@H](O)[C@@H](O)[C@@H]3O)[C@H]([C@H](O)[C@H](O)CO)O2)[C@@H](O)[C@H](O)[C@H]1O)[C@H](O)/C=C/CCCCCCCCCC(C)C. The lowest BCUT2D eigenvalue weighted by Gasteiger charge is -2.47. The molecule has 3 fully saturated rings. The molecule has 0 saturated carbocycles. The molecule has 19 atom stereocenters. The van der Waals surface area contributed by atoms with Crippen molar-refractivity contribution in [3.8, 4) is 0 Å². The highest BCUT2D eigenvalue weighted by Crippen LogP contribution is 2.35. The summed E-state index contributed by atoms with van der Waals surface area (Å²) in [4.78, 5) is 39.6. The van der Waals surface area contributed by atoms with Crippen molar-refractivity contribution >= 4 is 17.8 Å². The molecule has 2 amide bonds. The first-order valence-corrected chi connectivity index (χ1v) is 32.5. The number of amides is 2. The number of aliphatic hydroxyl groups excluding tert-OH is 12. The van der Waals surface area contributed by atoms with E-state index < -0.39 is 167 Å². The van der Waals surface area contributed by atoms with Gasteiger partial charge in [-0.25, -0.2) is 4.79 Å². The van der Waals surface area contributed by atoms with E-state index >= 15 is 0 Å². The number of carboxylic acid groups (broad SMARTS) is 1. The molecule has 3 saturated heterocycles. The van der Waals surface area contributed by atoms with Crippen molar-refractivity contribution in [2.45, 2.75) is 330 Å². The molecule has 0 aromatic rings. The van der Waals surface area contributed by atoms with Gasteiger partial charge in [0.05, 0.1) is 50.2 Å². The first-order chi connectivity index (χ1) is 41.1. The number of carbonyl (C=O) groups excluding carboxylic acids is 2. The lowest BCUT2D eigenvalue weighted by molar-refractivity contribution is -0.339. The highest BCUT2D eigenvalue weighted by Gasteiger charge is 2.57. The van der Waals surface area contributed by atoms with E-state index in [1.54, 1.807) is 6.08 Å². The number of hydrogen-bond acceptors (Lipinski definition) is 21. The first kappa shape index (κ1) is 77.7. The van der Waals surface area contributed by atoms with E-state index in [4.69, 9.17) is 28.4 Å². The van der Waals surface area contributed by atoms with E-state index in [9.17, 15) is 80.8 Å². The monoisotopic (exact) mass is 1240 g/mol. The zero-order valence-electron chi connectivity index (χ0n) is 51.9. The molecular formula is C62H114N2O22. The van der Waals surface area contributed by atoms with Crippen LogP contribution in [0, 0.1) is 5.92 Å². The Hall–Kier alpha value is -2.57. The molecular weight excluding hydrogens is 1120 g/mol. The van der Waals surface area contributed by atoms with Crippen molar-refractivity contribution in [3.05, 3.63) is 12.2 Å². The highest BCUT2D eigenvalue weighted by atomic mass is 16.7. The van der Waals surface area contributed by atoms with E-state index in [1.807, 2.05) is 0 Å². The third-order valence-corrected chi connectivity index (χ3v) is 16.8. The maximum Gasteiger partial charge on any atom is 0.364 e. The number of allylic oxidation sites excluding steroid dienone is 1. The van der Waals surface area contributed by atoms with Gasteiger partial charge < -0.3 is 105 Å². The largest absolute Gasteiger partial charge is 0.477 e. The van der Waals surface area contributed by atoms with Crippen LogP contribution in [0.3, 0.4) is 0 Å². The Morgan fingerprint density at radius 3 is 1.66 bits per heavy atom. The zero-order valence-corrected chi connectivity index (χ0v) is 51.9. The fourth-order valence-corrected chi connectivity index (χ4v) is 11.1. The Bertz CT molecular complexity index is 1840. The predicted octanol–water partition coefficient (Wildman–Crippen LogP) is 3.16. The smallest absolute Gasteiger partial charge is 0.364 e. The molecule has 0 radical (unpaired) electrons.